The highest BCUT2D eigenvalue weighted by atomic mass is 35.5. The highest BCUT2D eigenvalue weighted by molar-refractivity contribution is 7.92. The fourth-order valence-corrected chi connectivity index (χ4v) is 5.66. The third-order valence-electron chi connectivity index (χ3n) is 6.16. The summed E-state index contributed by atoms with van der Waals surface area (Å²) in [5.41, 5.74) is 0.717. The Kier molecular flexibility index (Phi) is 10.4. The molecule has 0 aliphatic heterocycles. The molecule has 1 N–H and O–H groups in total. The third-order valence-corrected chi connectivity index (χ3v) is 8.30. The van der Waals surface area contributed by atoms with Crippen LogP contribution in [0.4, 0.5) is 5.69 Å². The van der Waals surface area contributed by atoms with E-state index in [-0.39, 0.29) is 34.8 Å². The quantitative estimate of drug-likeness (QED) is 0.335. The maximum Gasteiger partial charge on any atom is 0.264 e. The first kappa shape index (κ1) is 30.8. The summed E-state index contributed by atoms with van der Waals surface area (Å²) >= 11 is 6.39. The van der Waals surface area contributed by atoms with Gasteiger partial charge in [-0.15, -0.1) is 0 Å². The first-order valence-electron chi connectivity index (χ1n) is 12.6. The number of ether oxygens (including phenoxy) is 2. The van der Waals surface area contributed by atoms with Crippen LogP contribution in [0.15, 0.2) is 77.7 Å². The van der Waals surface area contributed by atoms with Gasteiger partial charge in [0.05, 0.1) is 24.8 Å². The Hall–Kier alpha value is -3.76. The van der Waals surface area contributed by atoms with Gasteiger partial charge >= 0.3 is 0 Å². The fraction of sp³-hybridized carbons (Fsp3) is 0.310. The molecule has 0 saturated heterocycles. The molecule has 1 atom stereocenters. The minimum Gasteiger partial charge on any atom is -0.497 e. The van der Waals surface area contributed by atoms with Gasteiger partial charge in [0.25, 0.3) is 10.0 Å². The number of methoxy groups -OCH3 is 2. The Labute approximate surface area is 240 Å². The Morgan fingerprint density at radius 2 is 1.57 bits per heavy atom. The predicted octanol–water partition coefficient (Wildman–Crippen LogP) is 4.49. The molecule has 11 heteroatoms. The zero-order chi connectivity index (χ0) is 29.4. The van der Waals surface area contributed by atoms with Crippen molar-refractivity contribution in [3.8, 4) is 11.5 Å². The minimum atomic E-state index is -4.26. The second-order valence-corrected chi connectivity index (χ2v) is 11.6. The van der Waals surface area contributed by atoms with E-state index >= 15 is 0 Å². The molecule has 9 nitrogen and oxygen atoms in total. The van der Waals surface area contributed by atoms with E-state index in [1.165, 1.54) is 37.3 Å². The van der Waals surface area contributed by atoms with E-state index in [4.69, 9.17) is 21.1 Å². The molecule has 3 rings (SSSR count). The topological polar surface area (TPSA) is 105 Å². The highest BCUT2D eigenvalue weighted by Crippen LogP contribution is 2.36. The maximum absolute atomic E-state index is 14.0. The van der Waals surface area contributed by atoms with Gasteiger partial charge in [0.2, 0.25) is 11.8 Å². The number of sulfonamides is 1. The number of benzene rings is 3. The van der Waals surface area contributed by atoms with Crippen molar-refractivity contribution in [2.45, 2.75) is 44.3 Å². The SMILES string of the molecule is COc1ccc(OC)c(N(CC(=O)N(Cc2ccccc2Cl)[C@@H](C)C(=O)NC(C)C)S(=O)(=O)c2ccccc2)c1. The van der Waals surface area contributed by atoms with Crippen molar-refractivity contribution >= 4 is 39.1 Å². The summed E-state index contributed by atoms with van der Waals surface area (Å²) in [4.78, 5) is 28.4. The number of hydrogen-bond acceptors (Lipinski definition) is 6. The summed E-state index contributed by atoms with van der Waals surface area (Å²) in [5, 5.41) is 3.24. The van der Waals surface area contributed by atoms with Crippen LogP contribution in [-0.4, -0.2) is 58.0 Å². The third kappa shape index (κ3) is 7.25. The van der Waals surface area contributed by atoms with Crippen LogP contribution in [0.25, 0.3) is 0 Å². The highest BCUT2D eigenvalue weighted by Gasteiger charge is 2.34. The Balaban J connectivity index is 2.12. The van der Waals surface area contributed by atoms with E-state index in [2.05, 4.69) is 5.32 Å². The molecule has 214 valence electrons. The summed E-state index contributed by atoms with van der Waals surface area (Å²) in [7, 11) is -1.41. The van der Waals surface area contributed by atoms with Crippen LogP contribution >= 0.6 is 11.6 Å². The lowest BCUT2D eigenvalue weighted by Crippen LogP contribution is -2.52. The number of nitrogens with zero attached hydrogens (tertiary/aromatic N) is 2. The number of anilines is 1. The molecule has 0 aliphatic carbocycles. The van der Waals surface area contributed by atoms with E-state index in [0.29, 0.717) is 16.3 Å². The van der Waals surface area contributed by atoms with Crippen molar-refractivity contribution in [3.05, 3.63) is 83.4 Å². The Morgan fingerprint density at radius 3 is 2.17 bits per heavy atom. The number of hydrogen-bond donors (Lipinski definition) is 1. The van der Waals surface area contributed by atoms with Crippen molar-refractivity contribution in [1.82, 2.24) is 10.2 Å². The molecule has 2 amide bonds. The van der Waals surface area contributed by atoms with E-state index in [1.54, 1.807) is 61.5 Å². The van der Waals surface area contributed by atoms with Gasteiger partial charge in [-0.25, -0.2) is 8.42 Å². The second-order valence-electron chi connectivity index (χ2n) is 9.31. The van der Waals surface area contributed by atoms with Gasteiger partial charge in [-0.05, 0) is 56.7 Å². The van der Waals surface area contributed by atoms with E-state index < -0.39 is 28.5 Å². The Morgan fingerprint density at radius 1 is 0.925 bits per heavy atom. The van der Waals surface area contributed by atoms with Gasteiger partial charge in [-0.2, -0.15) is 0 Å². The first-order valence-corrected chi connectivity index (χ1v) is 14.4. The van der Waals surface area contributed by atoms with Crippen LogP contribution in [0.2, 0.25) is 5.02 Å². The molecule has 3 aromatic rings. The summed E-state index contributed by atoms with van der Waals surface area (Å²) in [6.45, 7) is 4.58. The zero-order valence-corrected chi connectivity index (χ0v) is 24.7. The Bertz CT molecular complexity index is 1430. The van der Waals surface area contributed by atoms with E-state index in [9.17, 15) is 18.0 Å². The van der Waals surface area contributed by atoms with Crippen LogP contribution in [0, 0.1) is 0 Å². The van der Waals surface area contributed by atoms with Crippen molar-refractivity contribution in [1.29, 1.82) is 0 Å². The summed E-state index contributed by atoms with van der Waals surface area (Å²) in [6, 6.07) is 18.3. The van der Waals surface area contributed by atoms with E-state index in [1.807, 2.05) is 13.8 Å². The summed E-state index contributed by atoms with van der Waals surface area (Å²) in [6.07, 6.45) is 0. The van der Waals surface area contributed by atoms with Gasteiger partial charge in [-0.3, -0.25) is 13.9 Å². The van der Waals surface area contributed by atoms with Crippen molar-refractivity contribution in [2.24, 2.45) is 0 Å². The van der Waals surface area contributed by atoms with Gasteiger partial charge in [0.1, 0.15) is 24.1 Å². The molecule has 40 heavy (non-hydrogen) atoms. The molecule has 3 aromatic carbocycles. The standard InChI is InChI=1S/C29H34ClN3O6S/c1-20(2)31-29(35)21(3)32(18-22-11-9-10-14-25(22)30)28(34)19-33(40(36,37)24-12-7-6-8-13-24)26-17-23(38-4)15-16-27(26)39-5/h6-17,20-21H,18-19H2,1-5H3,(H,31,35)/t21-/m0/s1. The monoisotopic (exact) mass is 587 g/mol. The number of halogens is 1. The minimum absolute atomic E-state index is 0.0142. The smallest absolute Gasteiger partial charge is 0.264 e. The predicted molar refractivity (Wildman–Crippen MR) is 155 cm³/mol. The molecular weight excluding hydrogens is 554 g/mol. The average Bonchev–Trinajstić information content (AvgIpc) is 2.94. The summed E-state index contributed by atoms with van der Waals surface area (Å²) < 4.78 is 39.7. The lowest BCUT2D eigenvalue weighted by atomic mass is 10.1. The van der Waals surface area contributed by atoms with Crippen LogP contribution in [0.5, 0.6) is 11.5 Å². The average molecular weight is 588 g/mol. The number of amides is 2. The van der Waals surface area contributed by atoms with Crippen LogP contribution in [-0.2, 0) is 26.2 Å². The molecule has 0 heterocycles. The van der Waals surface area contributed by atoms with Crippen LogP contribution < -0.4 is 19.1 Å². The maximum atomic E-state index is 14.0. The van der Waals surface area contributed by atoms with Crippen molar-refractivity contribution in [3.63, 3.8) is 0 Å². The number of carbonyl (C=O) groups excluding carboxylic acids is 2. The molecule has 0 unspecified atom stereocenters. The molecular formula is C29H34ClN3O6S. The van der Waals surface area contributed by atoms with Gasteiger partial charge < -0.3 is 19.7 Å². The van der Waals surface area contributed by atoms with Gasteiger partial charge in [0, 0.05) is 23.7 Å². The number of carbonyl (C=O) groups is 2. The number of nitrogens with one attached hydrogen (secondary N) is 1. The molecule has 0 aromatic heterocycles. The van der Waals surface area contributed by atoms with Crippen molar-refractivity contribution in [2.75, 3.05) is 25.1 Å². The zero-order valence-electron chi connectivity index (χ0n) is 23.1. The molecule has 0 spiro atoms. The lowest BCUT2D eigenvalue weighted by molar-refractivity contribution is -0.139. The van der Waals surface area contributed by atoms with Gasteiger partial charge in [0.15, 0.2) is 0 Å². The van der Waals surface area contributed by atoms with Crippen LogP contribution in [0.3, 0.4) is 0 Å². The van der Waals surface area contributed by atoms with E-state index in [0.717, 1.165) is 4.31 Å². The largest absolute Gasteiger partial charge is 0.497 e. The first-order chi connectivity index (χ1) is 19.0. The normalized spacial score (nSPS) is 12.0. The van der Waals surface area contributed by atoms with Crippen molar-refractivity contribution < 1.29 is 27.5 Å². The summed E-state index contributed by atoms with van der Waals surface area (Å²) in [5.74, 6) is -0.409. The molecule has 0 radical (unpaired) electrons. The van der Waals surface area contributed by atoms with Gasteiger partial charge in [-0.1, -0.05) is 48.0 Å². The number of rotatable bonds is 12. The lowest BCUT2D eigenvalue weighted by Gasteiger charge is -2.33. The molecule has 0 saturated carbocycles. The second kappa shape index (κ2) is 13.5. The molecule has 0 aliphatic rings. The molecule has 0 bridgehead atoms. The van der Waals surface area contributed by atoms with Crippen LogP contribution in [0.1, 0.15) is 26.3 Å². The fourth-order valence-electron chi connectivity index (χ4n) is 4.02. The molecule has 0 fully saturated rings.